The number of aryl methyl sites for hydroxylation is 1. The van der Waals surface area contributed by atoms with Crippen molar-refractivity contribution >= 4 is 27.5 Å². The molecule has 0 bridgehead atoms. The molecule has 0 heterocycles. The Morgan fingerprint density at radius 1 is 0.882 bits per heavy atom. The van der Waals surface area contributed by atoms with Gasteiger partial charge in [-0.15, -0.1) is 0 Å². The molecule has 3 aromatic carbocycles. The minimum atomic E-state index is -4.02. The van der Waals surface area contributed by atoms with Crippen LogP contribution in [0.5, 0.6) is 5.75 Å². The normalized spacial score (nSPS) is 10.9. The summed E-state index contributed by atoms with van der Waals surface area (Å²) in [7, 11) is -1.11. The molecule has 34 heavy (non-hydrogen) atoms. The van der Waals surface area contributed by atoms with Crippen LogP contribution in [0.2, 0.25) is 0 Å². The molecule has 9 heteroatoms. The first kappa shape index (κ1) is 24.8. The number of amides is 2. The first-order valence-corrected chi connectivity index (χ1v) is 12.1. The van der Waals surface area contributed by atoms with Gasteiger partial charge in [0.2, 0.25) is 0 Å². The lowest BCUT2D eigenvalue weighted by atomic mass is 10.1. The molecule has 2 amide bonds. The zero-order valence-electron chi connectivity index (χ0n) is 19.2. The fourth-order valence-corrected chi connectivity index (χ4v) is 4.55. The Hall–Kier alpha value is -3.85. The number of carbonyl (C=O) groups is 2. The highest BCUT2D eigenvalue weighted by molar-refractivity contribution is 7.92. The van der Waals surface area contributed by atoms with Crippen molar-refractivity contribution in [3.8, 4) is 5.75 Å². The Balaban J connectivity index is 1.79. The van der Waals surface area contributed by atoms with E-state index in [0.29, 0.717) is 11.3 Å². The maximum atomic E-state index is 13.1. The molecule has 0 fully saturated rings. The number of sulfonamides is 1. The van der Waals surface area contributed by atoms with Crippen LogP contribution in [0.4, 0.5) is 5.69 Å². The lowest BCUT2D eigenvalue weighted by Gasteiger charge is -2.14. The van der Waals surface area contributed by atoms with Gasteiger partial charge in [-0.25, -0.2) is 8.42 Å². The van der Waals surface area contributed by atoms with Gasteiger partial charge in [0.15, 0.2) is 0 Å². The van der Waals surface area contributed by atoms with E-state index in [1.807, 2.05) is 19.1 Å². The molecule has 3 N–H and O–H groups in total. The lowest BCUT2D eigenvalue weighted by Crippen LogP contribution is -2.24. The van der Waals surface area contributed by atoms with Crippen molar-refractivity contribution in [2.75, 3.05) is 18.9 Å². The quantitative estimate of drug-likeness (QED) is 0.434. The van der Waals surface area contributed by atoms with E-state index in [4.69, 9.17) is 4.74 Å². The second kappa shape index (κ2) is 10.8. The molecule has 0 aliphatic rings. The van der Waals surface area contributed by atoms with Crippen LogP contribution in [0, 0.1) is 0 Å². The molecule has 3 rings (SSSR count). The fraction of sp³-hybridized carbons (Fsp3) is 0.200. The predicted molar refractivity (Wildman–Crippen MR) is 131 cm³/mol. The van der Waals surface area contributed by atoms with Crippen molar-refractivity contribution in [1.82, 2.24) is 10.6 Å². The van der Waals surface area contributed by atoms with Gasteiger partial charge in [-0.1, -0.05) is 31.2 Å². The van der Waals surface area contributed by atoms with Gasteiger partial charge in [-0.2, -0.15) is 0 Å². The molecule has 178 valence electrons. The van der Waals surface area contributed by atoms with E-state index in [1.54, 1.807) is 43.4 Å². The van der Waals surface area contributed by atoms with Gasteiger partial charge in [0, 0.05) is 30.4 Å². The van der Waals surface area contributed by atoms with E-state index in [0.717, 1.165) is 17.5 Å². The Morgan fingerprint density at radius 3 is 2.24 bits per heavy atom. The summed E-state index contributed by atoms with van der Waals surface area (Å²) in [6, 6.07) is 18.1. The minimum Gasteiger partial charge on any atom is -0.495 e. The van der Waals surface area contributed by atoms with Crippen LogP contribution in [0.15, 0.2) is 71.6 Å². The van der Waals surface area contributed by atoms with E-state index in [-0.39, 0.29) is 28.7 Å². The number of benzene rings is 3. The Kier molecular flexibility index (Phi) is 7.91. The second-order valence-electron chi connectivity index (χ2n) is 7.48. The van der Waals surface area contributed by atoms with Gasteiger partial charge < -0.3 is 15.4 Å². The Morgan fingerprint density at radius 2 is 1.59 bits per heavy atom. The van der Waals surface area contributed by atoms with Gasteiger partial charge in [0.25, 0.3) is 21.8 Å². The van der Waals surface area contributed by atoms with Crippen LogP contribution >= 0.6 is 0 Å². The molecule has 0 aliphatic carbocycles. The summed E-state index contributed by atoms with van der Waals surface area (Å²) in [5.41, 5.74) is 2.85. The molecule has 0 atom stereocenters. The van der Waals surface area contributed by atoms with E-state index >= 15 is 0 Å². The van der Waals surface area contributed by atoms with Crippen molar-refractivity contribution in [2.24, 2.45) is 0 Å². The number of methoxy groups -OCH3 is 1. The summed E-state index contributed by atoms with van der Waals surface area (Å²) in [6.07, 6.45) is 0.841. The number of anilines is 1. The zero-order chi connectivity index (χ0) is 24.7. The van der Waals surface area contributed by atoms with E-state index in [1.165, 1.54) is 25.3 Å². The molecular formula is C25H27N3O5S. The topological polar surface area (TPSA) is 114 Å². The van der Waals surface area contributed by atoms with Crippen molar-refractivity contribution in [2.45, 2.75) is 24.8 Å². The fourth-order valence-electron chi connectivity index (χ4n) is 3.30. The monoisotopic (exact) mass is 481 g/mol. The van der Waals surface area contributed by atoms with Crippen LogP contribution in [0.3, 0.4) is 0 Å². The average molecular weight is 482 g/mol. The molecule has 0 aromatic heterocycles. The van der Waals surface area contributed by atoms with Gasteiger partial charge in [-0.3, -0.25) is 14.3 Å². The largest absolute Gasteiger partial charge is 0.495 e. The summed E-state index contributed by atoms with van der Waals surface area (Å²) < 4.78 is 33.9. The third-order valence-electron chi connectivity index (χ3n) is 5.20. The number of rotatable bonds is 9. The van der Waals surface area contributed by atoms with Crippen molar-refractivity contribution in [1.29, 1.82) is 0 Å². The van der Waals surface area contributed by atoms with Crippen LogP contribution in [-0.2, 0) is 23.0 Å². The summed E-state index contributed by atoms with van der Waals surface area (Å²) >= 11 is 0. The van der Waals surface area contributed by atoms with Crippen LogP contribution in [-0.4, -0.2) is 34.4 Å². The van der Waals surface area contributed by atoms with Crippen molar-refractivity contribution in [3.63, 3.8) is 0 Å². The SMILES string of the molecule is CCc1ccc(NS(=O)(=O)c2cc(C(=O)NCc3cccc(C(=O)NC)c3)ccc2OC)cc1. The highest BCUT2D eigenvalue weighted by Crippen LogP contribution is 2.27. The maximum absolute atomic E-state index is 13.1. The summed E-state index contributed by atoms with van der Waals surface area (Å²) in [6.45, 7) is 2.18. The highest BCUT2D eigenvalue weighted by atomic mass is 32.2. The first-order chi connectivity index (χ1) is 16.3. The number of nitrogens with one attached hydrogen (secondary N) is 3. The van der Waals surface area contributed by atoms with Crippen LogP contribution < -0.4 is 20.1 Å². The third-order valence-corrected chi connectivity index (χ3v) is 6.60. The van der Waals surface area contributed by atoms with Crippen molar-refractivity contribution in [3.05, 3.63) is 89.0 Å². The highest BCUT2D eigenvalue weighted by Gasteiger charge is 2.22. The molecular weight excluding hydrogens is 454 g/mol. The molecule has 0 saturated heterocycles. The Bertz CT molecular complexity index is 1290. The summed E-state index contributed by atoms with van der Waals surface area (Å²) in [4.78, 5) is 24.4. The van der Waals surface area contributed by atoms with E-state index < -0.39 is 15.9 Å². The molecule has 3 aromatic rings. The number of ether oxygens (including phenoxy) is 1. The summed E-state index contributed by atoms with van der Waals surface area (Å²) in [5, 5.41) is 5.30. The molecule has 8 nitrogen and oxygen atoms in total. The van der Waals surface area contributed by atoms with Gasteiger partial charge in [0.05, 0.1) is 7.11 Å². The average Bonchev–Trinajstić information content (AvgIpc) is 2.86. The van der Waals surface area contributed by atoms with Crippen molar-refractivity contribution < 1.29 is 22.7 Å². The van der Waals surface area contributed by atoms with Gasteiger partial charge in [0.1, 0.15) is 10.6 Å². The number of hydrogen-bond donors (Lipinski definition) is 3. The number of hydrogen-bond acceptors (Lipinski definition) is 5. The van der Waals surface area contributed by atoms with E-state index in [9.17, 15) is 18.0 Å². The second-order valence-corrected chi connectivity index (χ2v) is 9.13. The minimum absolute atomic E-state index is 0.118. The number of carbonyl (C=O) groups excluding carboxylic acids is 2. The predicted octanol–water partition coefficient (Wildman–Crippen LogP) is 3.35. The summed E-state index contributed by atoms with van der Waals surface area (Å²) in [5.74, 6) is -0.570. The van der Waals surface area contributed by atoms with Gasteiger partial charge in [-0.05, 0) is 60.0 Å². The van der Waals surface area contributed by atoms with Crippen LogP contribution in [0.1, 0.15) is 38.8 Å². The molecule has 0 aliphatic heterocycles. The zero-order valence-corrected chi connectivity index (χ0v) is 20.0. The van der Waals surface area contributed by atoms with Crippen LogP contribution in [0.25, 0.3) is 0 Å². The van der Waals surface area contributed by atoms with E-state index in [2.05, 4.69) is 15.4 Å². The molecule has 0 unspecified atom stereocenters. The maximum Gasteiger partial charge on any atom is 0.265 e. The standard InChI is InChI=1S/C25H27N3O5S/c1-4-17-8-11-21(12-9-17)28-34(31,32)23-15-20(10-13-22(23)33-3)25(30)27-16-18-6-5-7-19(14-18)24(29)26-2/h5-15,28H,4,16H2,1-3H3,(H,26,29)(H,27,30). The lowest BCUT2D eigenvalue weighted by molar-refractivity contribution is 0.0948. The molecule has 0 radical (unpaired) electrons. The first-order valence-electron chi connectivity index (χ1n) is 10.7. The third kappa shape index (κ3) is 5.93. The smallest absolute Gasteiger partial charge is 0.265 e. The molecule has 0 saturated carbocycles. The van der Waals surface area contributed by atoms with Gasteiger partial charge >= 0.3 is 0 Å². The molecule has 0 spiro atoms. The Labute approximate surface area is 199 Å².